The van der Waals surface area contributed by atoms with Crippen LogP contribution < -0.4 is 5.32 Å². The molecule has 1 N–H and O–H groups in total. The minimum atomic E-state index is -4.52. The van der Waals surface area contributed by atoms with Crippen LogP contribution in [0.1, 0.15) is 47.1 Å². The van der Waals surface area contributed by atoms with E-state index in [1.165, 1.54) is 30.7 Å². The summed E-state index contributed by atoms with van der Waals surface area (Å²) in [6.07, 6.45) is -4.11. The van der Waals surface area contributed by atoms with Crippen molar-refractivity contribution in [3.8, 4) is 5.69 Å². The van der Waals surface area contributed by atoms with Gasteiger partial charge in [0.25, 0.3) is 11.7 Å². The van der Waals surface area contributed by atoms with Gasteiger partial charge < -0.3 is 10.1 Å². The van der Waals surface area contributed by atoms with Crippen LogP contribution in [0.4, 0.5) is 13.2 Å². The summed E-state index contributed by atoms with van der Waals surface area (Å²) < 4.78 is 44.9. The molecule has 30 heavy (non-hydrogen) atoms. The summed E-state index contributed by atoms with van der Waals surface area (Å²) in [7, 11) is 0. The second-order valence-electron chi connectivity index (χ2n) is 6.50. The molecule has 2 aromatic rings. The van der Waals surface area contributed by atoms with Gasteiger partial charge in [0.2, 0.25) is 0 Å². The Morgan fingerprint density at radius 1 is 1.20 bits per heavy atom. The Balaban J connectivity index is 2.14. The summed E-state index contributed by atoms with van der Waals surface area (Å²) in [5.74, 6) is -2.12. The molecule has 0 aliphatic rings. The number of esters is 1. The third-order valence-corrected chi connectivity index (χ3v) is 4.29. The molecule has 0 unspecified atom stereocenters. The lowest BCUT2D eigenvalue weighted by Gasteiger charge is -2.10. The zero-order valence-corrected chi connectivity index (χ0v) is 16.8. The molecule has 0 spiro atoms. The highest BCUT2D eigenvalue weighted by molar-refractivity contribution is 6.43. The number of amides is 1. The number of ether oxygens (including phenoxy) is 1. The Morgan fingerprint density at radius 2 is 1.90 bits per heavy atom. The lowest BCUT2D eigenvalue weighted by atomic mass is 10.1. The summed E-state index contributed by atoms with van der Waals surface area (Å²) in [6, 6.07) is 4.53. The first-order chi connectivity index (χ1) is 14.1. The molecule has 2 rings (SSSR count). The van der Waals surface area contributed by atoms with Gasteiger partial charge in [0.15, 0.2) is 0 Å². The molecule has 1 amide bonds. The number of alkyl halides is 3. The first-order valence-corrected chi connectivity index (χ1v) is 9.28. The number of aryl methyl sites for hydroxylation is 1. The van der Waals surface area contributed by atoms with E-state index in [1.54, 1.807) is 6.92 Å². The quantitative estimate of drug-likeness (QED) is 0.304. The van der Waals surface area contributed by atoms with Crippen LogP contribution in [0.25, 0.3) is 5.69 Å². The minimum Gasteiger partial charge on any atom is -0.466 e. The maximum Gasteiger partial charge on any atom is 0.416 e. The van der Waals surface area contributed by atoms with Gasteiger partial charge in [-0.3, -0.25) is 14.4 Å². The monoisotopic (exact) mass is 425 g/mol. The van der Waals surface area contributed by atoms with Gasteiger partial charge in [-0.2, -0.15) is 18.3 Å². The highest BCUT2D eigenvalue weighted by Gasteiger charge is 2.31. The number of rotatable bonds is 8. The van der Waals surface area contributed by atoms with Gasteiger partial charge in [0.05, 0.1) is 34.8 Å². The van der Waals surface area contributed by atoms with Crippen molar-refractivity contribution in [1.29, 1.82) is 0 Å². The van der Waals surface area contributed by atoms with Crippen LogP contribution in [0.2, 0.25) is 0 Å². The second kappa shape index (κ2) is 9.55. The van der Waals surface area contributed by atoms with Gasteiger partial charge in [-0.05, 0) is 45.4 Å². The van der Waals surface area contributed by atoms with Crippen molar-refractivity contribution in [1.82, 2.24) is 15.1 Å². The first-order valence-electron chi connectivity index (χ1n) is 9.28. The molecule has 0 radical (unpaired) electrons. The van der Waals surface area contributed by atoms with Gasteiger partial charge in [-0.25, -0.2) is 4.68 Å². The number of benzene rings is 1. The Bertz CT molecular complexity index is 951. The minimum absolute atomic E-state index is 0.0234. The molecule has 7 nitrogen and oxygen atoms in total. The fraction of sp³-hybridized carbons (Fsp3) is 0.400. The normalized spacial score (nSPS) is 11.3. The number of ketones is 1. The number of carbonyl (C=O) groups excluding carboxylic acids is 3. The van der Waals surface area contributed by atoms with Crippen LogP contribution in [0, 0.1) is 13.8 Å². The fourth-order valence-corrected chi connectivity index (χ4v) is 2.90. The van der Waals surface area contributed by atoms with E-state index in [0.717, 1.165) is 12.1 Å². The van der Waals surface area contributed by atoms with Crippen molar-refractivity contribution in [2.24, 2.45) is 0 Å². The van der Waals surface area contributed by atoms with E-state index in [-0.39, 0.29) is 42.2 Å². The lowest BCUT2D eigenvalue weighted by Crippen LogP contribution is -2.32. The summed E-state index contributed by atoms with van der Waals surface area (Å²) in [4.78, 5) is 36.0. The zero-order valence-electron chi connectivity index (χ0n) is 16.8. The van der Waals surface area contributed by atoms with Crippen molar-refractivity contribution in [3.05, 3.63) is 46.8 Å². The molecular formula is C20H22F3N3O4. The number of nitrogens with one attached hydrogen (secondary N) is 1. The van der Waals surface area contributed by atoms with Gasteiger partial charge >= 0.3 is 12.1 Å². The molecule has 162 valence electrons. The standard InChI is InChI=1S/C20H22F3N3O4/c1-4-30-16(27)9-6-10-24-19(29)18(28)17-12(2)25-26(13(17)3)15-8-5-7-14(11-15)20(21,22)23/h5,7-8,11H,4,6,9-10H2,1-3H3,(H,24,29). The Labute approximate surface area is 171 Å². The summed E-state index contributed by atoms with van der Waals surface area (Å²) >= 11 is 0. The van der Waals surface area contributed by atoms with Crippen molar-refractivity contribution in [2.75, 3.05) is 13.2 Å². The van der Waals surface area contributed by atoms with Gasteiger partial charge in [0, 0.05) is 13.0 Å². The molecule has 0 saturated heterocycles. The number of halogens is 3. The van der Waals surface area contributed by atoms with Gasteiger partial charge in [0.1, 0.15) is 0 Å². The number of hydrogen-bond acceptors (Lipinski definition) is 5. The van der Waals surface area contributed by atoms with Crippen molar-refractivity contribution >= 4 is 17.7 Å². The van der Waals surface area contributed by atoms with E-state index in [9.17, 15) is 27.6 Å². The molecule has 1 aromatic carbocycles. The maximum absolute atomic E-state index is 13.0. The smallest absolute Gasteiger partial charge is 0.416 e. The Kier molecular flexibility index (Phi) is 7.36. The number of hydrogen-bond donors (Lipinski definition) is 1. The predicted molar refractivity (Wildman–Crippen MR) is 101 cm³/mol. The molecule has 0 aliphatic carbocycles. The topological polar surface area (TPSA) is 90.3 Å². The number of nitrogens with zero attached hydrogens (tertiary/aromatic N) is 2. The fourth-order valence-electron chi connectivity index (χ4n) is 2.90. The van der Waals surface area contributed by atoms with Crippen LogP contribution in [0.15, 0.2) is 24.3 Å². The van der Waals surface area contributed by atoms with Crippen LogP contribution in [-0.4, -0.2) is 40.6 Å². The first kappa shape index (κ1) is 23.1. The Morgan fingerprint density at radius 3 is 2.53 bits per heavy atom. The number of Topliss-reactive ketones (excluding diaryl/α,β-unsaturated/α-hetero) is 1. The van der Waals surface area contributed by atoms with Crippen LogP contribution in [-0.2, 0) is 20.5 Å². The highest BCUT2D eigenvalue weighted by atomic mass is 19.4. The van der Waals surface area contributed by atoms with Crippen molar-refractivity contribution in [3.63, 3.8) is 0 Å². The highest BCUT2D eigenvalue weighted by Crippen LogP contribution is 2.30. The molecule has 10 heteroatoms. The molecule has 1 aromatic heterocycles. The molecule has 0 atom stereocenters. The lowest BCUT2D eigenvalue weighted by molar-refractivity contribution is -0.143. The van der Waals surface area contributed by atoms with Crippen LogP contribution in [0.3, 0.4) is 0 Å². The second-order valence-corrected chi connectivity index (χ2v) is 6.50. The van der Waals surface area contributed by atoms with E-state index >= 15 is 0 Å². The summed E-state index contributed by atoms with van der Waals surface area (Å²) in [6.45, 7) is 5.05. The SMILES string of the molecule is CCOC(=O)CCCNC(=O)C(=O)c1c(C)nn(-c2cccc(C(F)(F)F)c2)c1C. The average Bonchev–Trinajstić information content (AvgIpc) is 2.98. The number of carbonyl (C=O) groups is 3. The van der Waals surface area contributed by atoms with E-state index in [2.05, 4.69) is 10.4 Å². The van der Waals surface area contributed by atoms with E-state index in [4.69, 9.17) is 4.74 Å². The largest absolute Gasteiger partial charge is 0.466 e. The van der Waals surface area contributed by atoms with E-state index < -0.39 is 29.4 Å². The van der Waals surface area contributed by atoms with Crippen molar-refractivity contribution in [2.45, 2.75) is 39.8 Å². The van der Waals surface area contributed by atoms with Crippen LogP contribution >= 0.6 is 0 Å². The van der Waals surface area contributed by atoms with Crippen molar-refractivity contribution < 1.29 is 32.3 Å². The van der Waals surface area contributed by atoms with Gasteiger partial charge in [-0.15, -0.1) is 0 Å². The molecular weight excluding hydrogens is 403 g/mol. The van der Waals surface area contributed by atoms with E-state index in [1.807, 2.05) is 0 Å². The predicted octanol–water partition coefficient (Wildman–Crippen LogP) is 3.15. The number of aromatic nitrogens is 2. The Hall–Kier alpha value is -3.17. The zero-order chi connectivity index (χ0) is 22.5. The third kappa shape index (κ3) is 5.46. The molecule has 0 bridgehead atoms. The average molecular weight is 425 g/mol. The molecule has 0 fully saturated rings. The molecule has 1 heterocycles. The van der Waals surface area contributed by atoms with E-state index in [0.29, 0.717) is 6.42 Å². The maximum atomic E-state index is 13.0. The summed E-state index contributed by atoms with van der Waals surface area (Å²) in [5, 5.41) is 6.56. The molecule has 0 saturated carbocycles. The van der Waals surface area contributed by atoms with Crippen LogP contribution in [0.5, 0.6) is 0 Å². The molecule has 0 aliphatic heterocycles. The third-order valence-electron chi connectivity index (χ3n) is 4.29. The van der Waals surface area contributed by atoms with Gasteiger partial charge in [-0.1, -0.05) is 6.07 Å². The summed E-state index contributed by atoms with van der Waals surface area (Å²) in [5.41, 5.74) is -0.232.